The van der Waals surface area contributed by atoms with Crippen LogP contribution in [-0.4, -0.2) is 36.5 Å². The normalized spacial score (nSPS) is 19.3. The average molecular weight is 430 g/mol. The molecule has 30 heavy (non-hydrogen) atoms. The summed E-state index contributed by atoms with van der Waals surface area (Å²) in [6, 6.07) is 5.20. The highest BCUT2D eigenvalue weighted by molar-refractivity contribution is 8.08. The molecule has 164 valence electrons. The standard InChI is InChI=1S/C25H35NO3S/c1-5-8-19(7-3)17-30-18(4)21-12-22(25(27)28)14-24(13-21)29-16-23-15-26-11-10-20(23)9-6-2/h5,8,12-14,20,23,26H,1,4,6-7,9-11,15-17H2,2-3H3,(H,27,28)/b19-8-/t20?,23-/m0/s1. The average Bonchev–Trinajstić information content (AvgIpc) is 2.75. The van der Waals surface area contributed by atoms with Crippen LogP contribution >= 0.6 is 11.8 Å². The number of aromatic carboxylic acids is 1. The van der Waals surface area contributed by atoms with Crippen molar-refractivity contribution in [3.8, 4) is 5.75 Å². The molecule has 2 N–H and O–H groups in total. The summed E-state index contributed by atoms with van der Waals surface area (Å²) in [5.41, 5.74) is 2.30. The third-order valence-corrected chi connectivity index (χ3v) is 6.70. The largest absolute Gasteiger partial charge is 0.493 e. The van der Waals surface area contributed by atoms with Crippen LogP contribution in [0.3, 0.4) is 0 Å². The Labute approximate surface area is 185 Å². The van der Waals surface area contributed by atoms with Gasteiger partial charge in [-0.1, -0.05) is 57.6 Å². The molecule has 0 amide bonds. The lowest BCUT2D eigenvalue weighted by Crippen LogP contribution is -2.39. The highest BCUT2D eigenvalue weighted by Gasteiger charge is 2.25. The summed E-state index contributed by atoms with van der Waals surface area (Å²) >= 11 is 1.62. The number of thioether (sulfide) groups is 1. The summed E-state index contributed by atoms with van der Waals surface area (Å²) < 4.78 is 6.11. The van der Waals surface area contributed by atoms with Crippen molar-refractivity contribution < 1.29 is 14.6 Å². The number of carboxylic acids is 1. The molecule has 0 bridgehead atoms. The van der Waals surface area contributed by atoms with E-state index >= 15 is 0 Å². The molecule has 1 fully saturated rings. The van der Waals surface area contributed by atoms with Crippen molar-refractivity contribution >= 4 is 22.6 Å². The lowest BCUT2D eigenvalue weighted by Gasteiger charge is -2.32. The number of hydrogen-bond acceptors (Lipinski definition) is 4. The van der Waals surface area contributed by atoms with Crippen LogP contribution in [0.4, 0.5) is 0 Å². The fourth-order valence-corrected chi connectivity index (χ4v) is 4.74. The van der Waals surface area contributed by atoms with E-state index in [0.717, 1.165) is 35.7 Å². The van der Waals surface area contributed by atoms with Crippen LogP contribution < -0.4 is 10.1 Å². The van der Waals surface area contributed by atoms with Gasteiger partial charge in [-0.2, -0.15) is 0 Å². The number of hydrogen-bond donors (Lipinski definition) is 2. The molecule has 1 heterocycles. The number of allylic oxidation sites excluding steroid dienone is 2. The van der Waals surface area contributed by atoms with Crippen molar-refractivity contribution in [2.24, 2.45) is 11.8 Å². The zero-order valence-electron chi connectivity index (χ0n) is 18.3. The van der Waals surface area contributed by atoms with Gasteiger partial charge in [0.1, 0.15) is 5.75 Å². The topological polar surface area (TPSA) is 58.6 Å². The van der Waals surface area contributed by atoms with Crippen LogP contribution in [0, 0.1) is 11.8 Å². The molecule has 0 aliphatic carbocycles. The first-order valence-electron chi connectivity index (χ1n) is 10.8. The molecule has 1 saturated heterocycles. The molecule has 4 nitrogen and oxygen atoms in total. The lowest BCUT2D eigenvalue weighted by molar-refractivity contribution is 0.0696. The van der Waals surface area contributed by atoms with Gasteiger partial charge in [0, 0.05) is 23.1 Å². The number of rotatable bonds is 12. The Morgan fingerprint density at radius 2 is 2.07 bits per heavy atom. The van der Waals surface area contributed by atoms with Gasteiger partial charge in [-0.3, -0.25) is 0 Å². The second kappa shape index (κ2) is 12.7. The van der Waals surface area contributed by atoms with E-state index in [-0.39, 0.29) is 5.56 Å². The Morgan fingerprint density at radius 1 is 1.30 bits per heavy atom. The van der Waals surface area contributed by atoms with Gasteiger partial charge in [-0.05, 0) is 49.1 Å². The highest BCUT2D eigenvalue weighted by Crippen LogP contribution is 2.32. The molecule has 1 unspecified atom stereocenters. The molecular formula is C25H35NO3S. The van der Waals surface area contributed by atoms with E-state index in [4.69, 9.17) is 4.74 Å². The van der Waals surface area contributed by atoms with E-state index < -0.39 is 5.97 Å². The van der Waals surface area contributed by atoms with Crippen molar-refractivity contribution in [2.45, 2.75) is 39.5 Å². The minimum atomic E-state index is -0.955. The first kappa shape index (κ1) is 24.3. The summed E-state index contributed by atoms with van der Waals surface area (Å²) in [6.07, 6.45) is 8.33. The Hall–Kier alpha value is -1.98. The third-order valence-electron chi connectivity index (χ3n) is 5.60. The van der Waals surface area contributed by atoms with E-state index in [1.165, 1.54) is 24.8 Å². The zero-order valence-corrected chi connectivity index (χ0v) is 19.1. The Balaban J connectivity index is 2.11. The Bertz CT molecular complexity index is 770. The van der Waals surface area contributed by atoms with E-state index in [0.29, 0.717) is 24.2 Å². The van der Waals surface area contributed by atoms with Gasteiger partial charge in [0.2, 0.25) is 0 Å². The molecule has 1 aliphatic rings. The number of piperidine rings is 1. The molecule has 2 rings (SSSR count). The quantitative estimate of drug-likeness (QED) is 0.398. The van der Waals surface area contributed by atoms with Crippen molar-refractivity contribution in [1.82, 2.24) is 5.32 Å². The first-order valence-corrected chi connectivity index (χ1v) is 11.8. The van der Waals surface area contributed by atoms with Crippen LogP contribution in [0.1, 0.15) is 55.5 Å². The van der Waals surface area contributed by atoms with Crippen molar-refractivity contribution in [3.05, 3.63) is 60.2 Å². The Kier molecular flexibility index (Phi) is 10.2. The maximum atomic E-state index is 11.6. The molecule has 1 aromatic rings. The second-order valence-electron chi connectivity index (χ2n) is 7.79. The maximum Gasteiger partial charge on any atom is 0.335 e. The number of carboxylic acid groups (broad SMARTS) is 1. The van der Waals surface area contributed by atoms with Crippen molar-refractivity contribution in [3.63, 3.8) is 0 Å². The number of carbonyl (C=O) groups is 1. The van der Waals surface area contributed by atoms with Crippen LogP contribution in [0.15, 0.2) is 49.1 Å². The third kappa shape index (κ3) is 7.37. The van der Waals surface area contributed by atoms with Gasteiger partial charge in [0.05, 0.1) is 12.2 Å². The summed E-state index contributed by atoms with van der Waals surface area (Å²) in [5.74, 6) is 1.56. The van der Waals surface area contributed by atoms with Crippen LogP contribution in [0.25, 0.3) is 4.91 Å². The number of nitrogens with one attached hydrogen (secondary N) is 1. The van der Waals surface area contributed by atoms with E-state index in [1.54, 1.807) is 30.0 Å². The molecule has 1 aliphatic heterocycles. The van der Waals surface area contributed by atoms with E-state index in [1.807, 2.05) is 12.1 Å². The van der Waals surface area contributed by atoms with Crippen molar-refractivity contribution in [1.29, 1.82) is 0 Å². The van der Waals surface area contributed by atoms with Crippen molar-refractivity contribution in [2.75, 3.05) is 25.4 Å². The van der Waals surface area contributed by atoms with Gasteiger partial charge in [-0.25, -0.2) is 4.79 Å². The molecule has 0 radical (unpaired) electrons. The molecular weight excluding hydrogens is 394 g/mol. The van der Waals surface area contributed by atoms with E-state index in [2.05, 4.69) is 32.3 Å². The SMILES string of the molecule is C=C/C=C(/CC)CSC(=C)c1cc(OC[C@@H]2CNCCC2CCC)cc(C(=O)O)c1. The second-order valence-corrected chi connectivity index (χ2v) is 8.86. The van der Waals surface area contributed by atoms with Gasteiger partial charge in [-0.15, -0.1) is 11.8 Å². The predicted molar refractivity (Wildman–Crippen MR) is 128 cm³/mol. The lowest BCUT2D eigenvalue weighted by atomic mass is 9.84. The van der Waals surface area contributed by atoms with E-state index in [9.17, 15) is 9.90 Å². The smallest absolute Gasteiger partial charge is 0.335 e. The molecule has 0 spiro atoms. The van der Waals surface area contributed by atoms with Crippen LogP contribution in [-0.2, 0) is 0 Å². The summed E-state index contributed by atoms with van der Waals surface area (Å²) in [7, 11) is 0. The van der Waals surface area contributed by atoms with Gasteiger partial charge in [0.15, 0.2) is 0 Å². The van der Waals surface area contributed by atoms with Gasteiger partial charge in [0.25, 0.3) is 0 Å². The van der Waals surface area contributed by atoms with Crippen LogP contribution in [0.2, 0.25) is 0 Å². The molecule has 1 aromatic carbocycles. The molecule has 2 atom stereocenters. The molecule has 0 saturated carbocycles. The zero-order chi connectivity index (χ0) is 21.9. The maximum absolute atomic E-state index is 11.6. The number of ether oxygens (including phenoxy) is 1. The minimum Gasteiger partial charge on any atom is -0.493 e. The number of benzene rings is 1. The predicted octanol–water partition coefficient (Wildman–Crippen LogP) is 6.02. The summed E-state index contributed by atoms with van der Waals surface area (Å²) in [4.78, 5) is 12.5. The van der Waals surface area contributed by atoms with Gasteiger partial charge < -0.3 is 15.2 Å². The first-order chi connectivity index (χ1) is 14.5. The van der Waals surface area contributed by atoms with Crippen LogP contribution in [0.5, 0.6) is 5.75 Å². The summed E-state index contributed by atoms with van der Waals surface area (Å²) in [5, 5.41) is 13.0. The molecule has 5 heteroatoms. The Morgan fingerprint density at radius 3 is 2.73 bits per heavy atom. The monoisotopic (exact) mass is 429 g/mol. The molecule has 0 aromatic heterocycles. The highest BCUT2D eigenvalue weighted by atomic mass is 32.2. The minimum absolute atomic E-state index is 0.230. The fourth-order valence-electron chi connectivity index (χ4n) is 3.79. The fraction of sp³-hybridized carbons (Fsp3) is 0.480. The summed E-state index contributed by atoms with van der Waals surface area (Å²) in [6.45, 7) is 14.9. The van der Waals surface area contributed by atoms with Gasteiger partial charge >= 0.3 is 5.97 Å².